The van der Waals surface area contributed by atoms with Crippen molar-refractivity contribution < 1.29 is 9.53 Å². The molecule has 0 unspecified atom stereocenters. The molecule has 28 heavy (non-hydrogen) atoms. The maximum absolute atomic E-state index is 11.9. The second-order valence-electron chi connectivity index (χ2n) is 7.38. The molecule has 3 nitrogen and oxygen atoms in total. The summed E-state index contributed by atoms with van der Waals surface area (Å²) >= 11 is 0. The Balaban J connectivity index is 1.46. The summed E-state index contributed by atoms with van der Waals surface area (Å²) in [5, 5.41) is 2.89. The van der Waals surface area contributed by atoms with Crippen LogP contribution in [0.1, 0.15) is 30.5 Å². The normalized spacial score (nSPS) is 11.1. The van der Waals surface area contributed by atoms with Crippen LogP contribution in [0.4, 0.5) is 0 Å². The zero-order chi connectivity index (χ0) is 19.8. The third kappa shape index (κ3) is 5.23. The summed E-state index contributed by atoms with van der Waals surface area (Å²) in [6, 6.07) is 28.4. The minimum atomic E-state index is -0.0643. The van der Waals surface area contributed by atoms with Crippen LogP contribution in [-0.2, 0) is 16.6 Å². The molecule has 0 saturated carbocycles. The molecule has 144 valence electrons. The number of carbonyl (C=O) groups is 1. The predicted molar refractivity (Wildman–Crippen MR) is 114 cm³/mol. The Morgan fingerprint density at radius 1 is 0.821 bits per heavy atom. The van der Waals surface area contributed by atoms with E-state index < -0.39 is 0 Å². The van der Waals surface area contributed by atoms with Crippen LogP contribution < -0.4 is 10.1 Å². The van der Waals surface area contributed by atoms with Gasteiger partial charge in [-0.25, -0.2) is 0 Å². The molecule has 0 aliphatic carbocycles. The molecule has 0 aliphatic heterocycles. The molecule has 3 rings (SSSR count). The number of nitrogens with one attached hydrogen (secondary N) is 1. The van der Waals surface area contributed by atoms with E-state index in [1.165, 1.54) is 11.1 Å². The standard InChI is InChI=1S/C25H27NO2/c1-25(2,21-11-7-4-8-12-21)22-13-15-23(16-14-22)28-18-17-26-24(27)19-20-9-5-3-6-10-20/h3-16H,17-19H2,1-2H3,(H,26,27). The van der Waals surface area contributed by atoms with Gasteiger partial charge in [-0.3, -0.25) is 4.79 Å². The second-order valence-corrected chi connectivity index (χ2v) is 7.38. The Bertz CT molecular complexity index is 871. The summed E-state index contributed by atoms with van der Waals surface area (Å²) in [6.45, 7) is 5.38. The molecule has 3 aromatic carbocycles. The highest BCUT2D eigenvalue weighted by molar-refractivity contribution is 5.78. The topological polar surface area (TPSA) is 38.3 Å². The van der Waals surface area contributed by atoms with Crippen LogP contribution in [0.25, 0.3) is 0 Å². The monoisotopic (exact) mass is 373 g/mol. The van der Waals surface area contributed by atoms with Gasteiger partial charge in [0.15, 0.2) is 0 Å². The smallest absolute Gasteiger partial charge is 0.224 e. The van der Waals surface area contributed by atoms with Crippen LogP contribution in [0.2, 0.25) is 0 Å². The van der Waals surface area contributed by atoms with E-state index in [0.29, 0.717) is 19.6 Å². The third-order valence-corrected chi connectivity index (χ3v) is 4.97. The van der Waals surface area contributed by atoms with Crippen molar-refractivity contribution in [3.8, 4) is 5.75 Å². The van der Waals surface area contributed by atoms with Crippen LogP contribution in [0.15, 0.2) is 84.9 Å². The first-order valence-electron chi connectivity index (χ1n) is 9.65. The molecule has 0 heterocycles. The van der Waals surface area contributed by atoms with E-state index in [9.17, 15) is 4.79 Å². The molecule has 1 amide bonds. The van der Waals surface area contributed by atoms with Crippen molar-refractivity contribution in [2.75, 3.05) is 13.2 Å². The van der Waals surface area contributed by atoms with Crippen molar-refractivity contribution in [2.45, 2.75) is 25.7 Å². The minimum absolute atomic E-state index is 0.00904. The fourth-order valence-corrected chi connectivity index (χ4v) is 3.19. The van der Waals surface area contributed by atoms with Crippen molar-refractivity contribution in [3.05, 3.63) is 102 Å². The Morgan fingerprint density at radius 2 is 1.39 bits per heavy atom. The van der Waals surface area contributed by atoms with E-state index in [-0.39, 0.29) is 11.3 Å². The van der Waals surface area contributed by atoms with Gasteiger partial charge in [0.2, 0.25) is 5.91 Å². The van der Waals surface area contributed by atoms with Gasteiger partial charge < -0.3 is 10.1 Å². The van der Waals surface area contributed by atoms with Crippen molar-refractivity contribution in [2.24, 2.45) is 0 Å². The number of amides is 1. The summed E-state index contributed by atoms with van der Waals surface area (Å²) in [7, 11) is 0. The van der Waals surface area contributed by atoms with Gasteiger partial charge in [-0.05, 0) is 28.8 Å². The van der Waals surface area contributed by atoms with Crippen LogP contribution in [0, 0.1) is 0 Å². The Kier molecular flexibility index (Phi) is 6.49. The average molecular weight is 373 g/mol. The summed E-state index contributed by atoms with van der Waals surface area (Å²) in [5.74, 6) is 0.819. The molecule has 0 spiro atoms. The number of benzene rings is 3. The molecule has 0 aromatic heterocycles. The first-order valence-corrected chi connectivity index (χ1v) is 9.65. The molecule has 3 aromatic rings. The lowest BCUT2D eigenvalue weighted by atomic mass is 9.78. The zero-order valence-corrected chi connectivity index (χ0v) is 16.5. The molecule has 1 N–H and O–H groups in total. The first kappa shape index (κ1) is 19.7. The summed E-state index contributed by atoms with van der Waals surface area (Å²) in [5.41, 5.74) is 3.47. The number of ether oxygens (including phenoxy) is 1. The van der Waals surface area contributed by atoms with E-state index in [4.69, 9.17) is 4.74 Å². The molecule has 0 aliphatic rings. The fraction of sp³-hybridized carbons (Fsp3) is 0.240. The van der Waals surface area contributed by atoms with E-state index in [1.54, 1.807) is 0 Å². The van der Waals surface area contributed by atoms with Gasteiger partial charge in [-0.2, -0.15) is 0 Å². The van der Waals surface area contributed by atoms with E-state index in [2.05, 4.69) is 55.6 Å². The lowest BCUT2D eigenvalue weighted by Crippen LogP contribution is -2.29. The first-order chi connectivity index (χ1) is 13.6. The van der Waals surface area contributed by atoms with Crippen LogP contribution in [0.5, 0.6) is 5.75 Å². The van der Waals surface area contributed by atoms with Gasteiger partial charge in [0, 0.05) is 5.41 Å². The lowest BCUT2D eigenvalue weighted by molar-refractivity contribution is -0.120. The lowest BCUT2D eigenvalue weighted by Gasteiger charge is -2.26. The maximum atomic E-state index is 11.9. The minimum Gasteiger partial charge on any atom is -0.492 e. The summed E-state index contributed by atoms with van der Waals surface area (Å²) in [6.07, 6.45) is 0.393. The number of hydrogen-bond donors (Lipinski definition) is 1. The van der Waals surface area contributed by atoms with Gasteiger partial charge in [-0.15, -0.1) is 0 Å². The second kappa shape index (κ2) is 9.23. The van der Waals surface area contributed by atoms with E-state index in [0.717, 1.165) is 11.3 Å². The SMILES string of the molecule is CC(C)(c1ccccc1)c1ccc(OCCNC(=O)Cc2ccccc2)cc1. The highest BCUT2D eigenvalue weighted by Gasteiger charge is 2.22. The Labute approximate surface area is 167 Å². The van der Waals surface area contributed by atoms with Gasteiger partial charge in [0.25, 0.3) is 0 Å². The van der Waals surface area contributed by atoms with Crippen molar-refractivity contribution >= 4 is 5.91 Å². The maximum Gasteiger partial charge on any atom is 0.224 e. The van der Waals surface area contributed by atoms with Crippen LogP contribution >= 0.6 is 0 Å². The highest BCUT2D eigenvalue weighted by Crippen LogP contribution is 2.32. The van der Waals surface area contributed by atoms with Crippen molar-refractivity contribution in [1.82, 2.24) is 5.32 Å². The molecule has 0 atom stereocenters. The van der Waals surface area contributed by atoms with E-state index in [1.807, 2.05) is 48.5 Å². The van der Waals surface area contributed by atoms with E-state index >= 15 is 0 Å². The Hall–Kier alpha value is -3.07. The fourth-order valence-electron chi connectivity index (χ4n) is 3.19. The third-order valence-electron chi connectivity index (χ3n) is 4.97. The van der Waals surface area contributed by atoms with Gasteiger partial charge in [0.1, 0.15) is 12.4 Å². The van der Waals surface area contributed by atoms with Gasteiger partial charge >= 0.3 is 0 Å². The quantitative estimate of drug-likeness (QED) is 0.579. The number of hydrogen-bond acceptors (Lipinski definition) is 2. The summed E-state index contributed by atoms with van der Waals surface area (Å²) < 4.78 is 5.77. The van der Waals surface area contributed by atoms with Crippen molar-refractivity contribution in [1.29, 1.82) is 0 Å². The van der Waals surface area contributed by atoms with Gasteiger partial charge in [0.05, 0.1) is 13.0 Å². The molecule has 0 saturated heterocycles. The summed E-state index contributed by atoms with van der Waals surface area (Å²) in [4.78, 5) is 11.9. The number of carbonyl (C=O) groups excluding carboxylic acids is 1. The number of rotatable bonds is 8. The molecular weight excluding hydrogens is 346 g/mol. The molecular formula is C25H27NO2. The molecule has 3 heteroatoms. The average Bonchev–Trinajstić information content (AvgIpc) is 2.73. The Morgan fingerprint density at radius 3 is 2.04 bits per heavy atom. The molecule has 0 fully saturated rings. The largest absolute Gasteiger partial charge is 0.492 e. The predicted octanol–water partition coefficient (Wildman–Crippen LogP) is 4.75. The van der Waals surface area contributed by atoms with Crippen LogP contribution in [0.3, 0.4) is 0 Å². The van der Waals surface area contributed by atoms with Gasteiger partial charge in [-0.1, -0.05) is 86.6 Å². The molecule has 0 radical (unpaired) electrons. The zero-order valence-electron chi connectivity index (χ0n) is 16.5. The highest BCUT2D eigenvalue weighted by atomic mass is 16.5. The molecule has 0 bridgehead atoms. The van der Waals surface area contributed by atoms with Crippen molar-refractivity contribution in [3.63, 3.8) is 0 Å². The van der Waals surface area contributed by atoms with Crippen LogP contribution in [-0.4, -0.2) is 19.1 Å².